The molecule has 1 N–H and O–H groups in total. The first-order valence-corrected chi connectivity index (χ1v) is 11.2. The second-order valence-corrected chi connectivity index (χ2v) is 10.4. The Bertz CT molecular complexity index is 563. The molecule has 0 saturated carbocycles. The van der Waals surface area contributed by atoms with Gasteiger partial charge in [0.25, 0.3) is 0 Å². The van der Waals surface area contributed by atoms with Gasteiger partial charge >= 0.3 is 119 Å². The van der Waals surface area contributed by atoms with E-state index in [1.807, 2.05) is 6.92 Å². The van der Waals surface area contributed by atoms with Gasteiger partial charge in [-0.3, -0.25) is 0 Å². The second-order valence-electron chi connectivity index (χ2n) is 5.20. The van der Waals surface area contributed by atoms with Crippen molar-refractivity contribution in [1.29, 1.82) is 0 Å². The van der Waals surface area contributed by atoms with Crippen molar-refractivity contribution in [2.75, 3.05) is 6.61 Å². The van der Waals surface area contributed by atoms with E-state index in [1.165, 1.54) is 13.2 Å². The van der Waals surface area contributed by atoms with E-state index in [0.717, 1.165) is 6.42 Å². The fourth-order valence-electron chi connectivity index (χ4n) is 2.31. The molecule has 0 fully saturated rings. The van der Waals surface area contributed by atoms with Crippen LogP contribution in [0.5, 0.6) is 0 Å². The average Bonchev–Trinajstić information content (AvgIpc) is 2.65. The van der Waals surface area contributed by atoms with E-state index < -0.39 is 14.3 Å². The SMILES string of the molecule is CCCO.[Cd].c1cc[c]([Ge]([c]2ccccc2)[c]2ccccc2)cc1. The summed E-state index contributed by atoms with van der Waals surface area (Å²) < 4.78 is 4.50. The summed E-state index contributed by atoms with van der Waals surface area (Å²) in [6.45, 7) is 2.25. The molecule has 3 heteroatoms. The van der Waals surface area contributed by atoms with Crippen LogP contribution in [0.25, 0.3) is 0 Å². The van der Waals surface area contributed by atoms with Crippen molar-refractivity contribution in [3.8, 4) is 0 Å². The van der Waals surface area contributed by atoms with E-state index >= 15 is 0 Å². The molecule has 119 valence electrons. The third-order valence-electron chi connectivity index (χ3n) is 3.41. The Morgan fingerprint density at radius 2 is 0.875 bits per heavy atom. The van der Waals surface area contributed by atoms with Crippen molar-refractivity contribution >= 4 is 27.5 Å². The summed E-state index contributed by atoms with van der Waals surface area (Å²) in [6, 6.07) is 32.8. The van der Waals surface area contributed by atoms with Crippen molar-refractivity contribution in [3.05, 3.63) is 91.0 Å². The van der Waals surface area contributed by atoms with Crippen LogP contribution in [-0.4, -0.2) is 26.1 Å². The maximum absolute atomic E-state index is 7.88. The van der Waals surface area contributed by atoms with Crippen molar-refractivity contribution in [1.82, 2.24) is 0 Å². The number of hydrogen-bond donors (Lipinski definition) is 1. The van der Waals surface area contributed by atoms with Crippen LogP contribution in [0, 0.1) is 0 Å². The summed E-state index contributed by atoms with van der Waals surface area (Å²) in [6.07, 6.45) is 0.875. The van der Waals surface area contributed by atoms with Crippen LogP contribution >= 0.6 is 0 Å². The van der Waals surface area contributed by atoms with E-state index in [-0.39, 0.29) is 27.3 Å². The molecule has 1 nitrogen and oxygen atoms in total. The normalized spacial score (nSPS) is 9.62. The van der Waals surface area contributed by atoms with Crippen molar-refractivity contribution in [2.45, 2.75) is 13.3 Å². The fraction of sp³-hybridized carbons (Fsp3) is 0.143. The Morgan fingerprint density at radius 3 is 1.08 bits per heavy atom. The summed E-state index contributed by atoms with van der Waals surface area (Å²) in [5, 5.41) is 7.88. The Labute approximate surface area is 170 Å². The van der Waals surface area contributed by atoms with Gasteiger partial charge in [0.05, 0.1) is 0 Å². The molecule has 0 aliphatic heterocycles. The van der Waals surface area contributed by atoms with Gasteiger partial charge in [-0.1, -0.05) is 6.92 Å². The summed E-state index contributed by atoms with van der Waals surface area (Å²) in [7, 11) is 0. The van der Waals surface area contributed by atoms with E-state index in [2.05, 4.69) is 91.0 Å². The average molecular weight is 476 g/mol. The number of hydrogen-bond acceptors (Lipinski definition) is 1. The van der Waals surface area contributed by atoms with Gasteiger partial charge in [-0.2, -0.15) is 0 Å². The van der Waals surface area contributed by atoms with E-state index in [1.54, 1.807) is 0 Å². The molecule has 0 aliphatic carbocycles. The second kappa shape index (κ2) is 12.4. The molecule has 0 aromatic heterocycles. The van der Waals surface area contributed by atoms with Crippen LogP contribution in [0.4, 0.5) is 0 Å². The molecule has 0 spiro atoms. The maximum atomic E-state index is 7.88. The predicted octanol–water partition coefficient (Wildman–Crippen LogP) is 2.59. The molecule has 0 saturated heterocycles. The molecule has 1 radical (unpaired) electrons. The molecule has 0 amide bonds. The van der Waals surface area contributed by atoms with Gasteiger partial charge in [0.2, 0.25) is 0 Å². The monoisotopic (exact) mass is 479 g/mol. The molecule has 0 aliphatic rings. The van der Waals surface area contributed by atoms with Crippen molar-refractivity contribution in [3.63, 3.8) is 0 Å². The molecule has 24 heavy (non-hydrogen) atoms. The van der Waals surface area contributed by atoms with E-state index in [9.17, 15) is 0 Å². The zero-order chi connectivity index (χ0) is 16.3. The van der Waals surface area contributed by atoms with Gasteiger partial charge < -0.3 is 5.11 Å². The number of aliphatic hydroxyl groups is 1. The Morgan fingerprint density at radius 1 is 0.625 bits per heavy atom. The van der Waals surface area contributed by atoms with Crippen LogP contribution in [0.3, 0.4) is 0 Å². The molecule has 0 bridgehead atoms. The van der Waals surface area contributed by atoms with Crippen LogP contribution in [-0.2, 0) is 27.3 Å². The number of rotatable bonds is 4. The Balaban J connectivity index is 0.000000522. The first-order chi connectivity index (χ1) is 11.4. The zero-order valence-electron chi connectivity index (χ0n) is 14.2. The van der Waals surface area contributed by atoms with Crippen LogP contribution in [0.15, 0.2) is 91.0 Å². The minimum absolute atomic E-state index is 0. The van der Waals surface area contributed by atoms with Crippen molar-refractivity contribution in [2.24, 2.45) is 0 Å². The third kappa shape index (κ3) is 6.53. The first kappa shape index (κ1) is 21.1. The van der Waals surface area contributed by atoms with Crippen LogP contribution < -0.4 is 13.2 Å². The van der Waals surface area contributed by atoms with Gasteiger partial charge in [0.15, 0.2) is 0 Å². The van der Waals surface area contributed by atoms with E-state index in [4.69, 9.17) is 5.11 Å². The summed E-state index contributed by atoms with van der Waals surface area (Å²) in [5.41, 5.74) is 0. The van der Waals surface area contributed by atoms with Gasteiger partial charge in [-0.15, -0.1) is 0 Å². The topological polar surface area (TPSA) is 20.2 Å². The molecule has 0 unspecified atom stereocenters. The van der Waals surface area contributed by atoms with E-state index in [0.29, 0.717) is 6.61 Å². The molecule has 3 aromatic rings. The van der Waals surface area contributed by atoms with Gasteiger partial charge in [0, 0.05) is 33.9 Å². The summed E-state index contributed by atoms with van der Waals surface area (Å²) in [4.78, 5) is 0. The Kier molecular flexibility index (Phi) is 11.0. The van der Waals surface area contributed by atoms with Gasteiger partial charge in [-0.05, 0) is 6.42 Å². The molecule has 0 atom stereocenters. The predicted molar refractivity (Wildman–Crippen MR) is 101 cm³/mol. The first-order valence-electron chi connectivity index (χ1n) is 8.01. The number of aliphatic hydroxyl groups excluding tert-OH is 1. The van der Waals surface area contributed by atoms with Crippen LogP contribution in [0.1, 0.15) is 13.3 Å². The number of benzene rings is 3. The molecule has 3 aromatic carbocycles. The minimum atomic E-state index is -1.63. The quantitative estimate of drug-likeness (QED) is 0.575. The summed E-state index contributed by atoms with van der Waals surface area (Å²) >= 11 is -1.63. The molecular weight excluding hydrogens is 453 g/mol. The third-order valence-corrected chi connectivity index (χ3v) is 9.14. The van der Waals surface area contributed by atoms with Crippen molar-refractivity contribution < 1.29 is 32.4 Å². The zero-order valence-corrected chi connectivity index (χ0v) is 20.4. The van der Waals surface area contributed by atoms with Gasteiger partial charge in [0.1, 0.15) is 0 Å². The Hall–Kier alpha value is -0.915. The molecular formula is C21H23CdGeO. The van der Waals surface area contributed by atoms with Gasteiger partial charge in [-0.25, -0.2) is 0 Å². The van der Waals surface area contributed by atoms with Crippen LogP contribution in [0.2, 0.25) is 0 Å². The molecule has 0 heterocycles. The fourth-order valence-corrected chi connectivity index (χ4v) is 7.72. The summed E-state index contributed by atoms with van der Waals surface area (Å²) in [5.74, 6) is 0. The standard InChI is InChI=1S/C18H15Ge.C3H8O.Cd/c1-4-10-16(11-5-1)19(17-12-6-2-7-13-17)18-14-8-3-9-15-18;1-2-3-4;/h1-15H;4H,2-3H2,1H3;. The molecule has 3 rings (SSSR count).